The highest BCUT2D eigenvalue weighted by molar-refractivity contribution is 5.87. The molecule has 160 valence electrons. The SMILES string of the molecule is C=C(C)C(=O)OCCN1c2ccccc2C(C)C12Oc1ccc([N+](=O)[O-])cc1C=C2C. The quantitative estimate of drug-likeness (QED) is 0.298. The maximum Gasteiger partial charge on any atom is 0.333 e. The summed E-state index contributed by atoms with van der Waals surface area (Å²) in [5.74, 6) is 0.143. The third-order valence-electron chi connectivity index (χ3n) is 5.99. The molecule has 4 rings (SSSR count). The van der Waals surface area contributed by atoms with Gasteiger partial charge in [0.15, 0.2) is 0 Å². The highest BCUT2D eigenvalue weighted by Gasteiger charge is 2.54. The number of carbonyl (C=O) groups is 1. The van der Waals surface area contributed by atoms with Crippen LogP contribution in [0.15, 0.2) is 60.2 Å². The molecule has 2 aromatic rings. The monoisotopic (exact) mass is 420 g/mol. The number of carbonyl (C=O) groups excluding carboxylic acids is 1. The molecule has 0 saturated carbocycles. The number of esters is 1. The largest absolute Gasteiger partial charge is 0.463 e. The molecule has 7 heteroatoms. The van der Waals surface area contributed by atoms with Gasteiger partial charge in [-0.05, 0) is 43.2 Å². The summed E-state index contributed by atoms with van der Waals surface area (Å²) in [6.07, 6.45) is 1.95. The minimum absolute atomic E-state index is 0.0138. The third-order valence-corrected chi connectivity index (χ3v) is 5.99. The van der Waals surface area contributed by atoms with Crippen molar-refractivity contribution in [3.63, 3.8) is 0 Å². The van der Waals surface area contributed by atoms with E-state index in [-0.39, 0.29) is 18.2 Å². The van der Waals surface area contributed by atoms with E-state index in [1.807, 2.05) is 31.2 Å². The van der Waals surface area contributed by atoms with Gasteiger partial charge in [0.05, 0.1) is 11.5 Å². The fraction of sp³-hybridized carbons (Fsp3) is 0.292. The summed E-state index contributed by atoms with van der Waals surface area (Å²) in [4.78, 5) is 24.8. The van der Waals surface area contributed by atoms with Gasteiger partial charge < -0.3 is 14.4 Å². The van der Waals surface area contributed by atoms with Crippen LogP contribution in [0.25, 0.3) is 6.08 Å². The van der Waals surface area contributed by atoms with E-state index in [4.69, 9.17) is 9.47 Å². The number of non-ortho nitro benzene ring substituents is 1. The van der Waals surface area contributed by atoms with E-state index in [0.717, 1.165) is 16.8 Å². The Bertz CT molecular complexity index is 1120. The molecule has 2 heterocycles. The lowest BCUT2D eigenvalue weighted by molar-refractivity contribution is -0.384. The number of anilines is 1. The minimum Gasteiger partial charge on any atom is -0.463 e. The second kappa shape index (κ2) is 7.58. The molecule has 0 radical (unpaired) electrons. The first kappa shape index (κ1) is 20.7. The molecule has 2 atom stereocenters. The molecule has 0 N–H and O–H groups in total. The molecule has 0 aliphatic carbocycles. The van der Waals surface area contributed by atoms with E-state index >= 15 is 0 Å². The van der Waals surface area contributed by atoms with Gasteiger partial charge in [-0.1, -0.05) is 31.7 Å². The van der Waals surface area contributed by atoms with Crippen molar-refractivity contribution < 1.29 is 19.2 Å². The van der Waals surface area contributed by atoms with Gasteiger partial charge >= 0.3 is 5.97 Å². The maximum atomic E-state index is 11.9. The summed E-state index contributed by atoms with van der Waals surface area (Å²) < 4.78 is 12.0. The highest BCUT2D eigenvalue weighted by atomic mass is 16.6. The Morgan fingerprint density at radius 2 is 2.06 bits per heavy atom. The number of hydrogen-bond acceptors (Lipinski definition) is 6. The second-order valence-corrected chi connectivity index (χ2v) is 7.95. The number of rotatable bonds is 5. The number of nitro groups is 1. The molecule has 2 aliphatic rings. The van der Waals surface area contributed by atoms with E-state index in [1.165, 1.54) is 12.1 Å². The van der Waals surface area contributed by atoms with Crippen molar-refractivity contribution in [1.29, 1.82) is 0 Å². The first-order valence-electron chi connectivity index (χ1n) is 10.1. The molecule has 2 aliphatic heterocycles. The van der Waals surface area contributed by atoms with E-state index in [1.54, 1.807) is 13.0 Å². The number of nitrogens with zero attached hydrogens (tertiary/aromatic N) is 2. The normalized spacial score (nSPS) is 21.1. The van der Waals surface area contributed by atoms with Crippen molar-refractivity contribution in [2.45, 2.75) is 32.4 Å². The fourth-order valence-electron chi connectivity index (χ4n) is 4.50. The Kier molecular flexibility index (Phi) is 5.05. The molecule has 0 fully saturated rings. The Balaban J connectivity index is 1.74. The number of fused-ring (bicyclic) bond motifs is 2. The topological polar surface area (TPSA) is 81.9 Å². The molecular weight excluding hydrogens is 396 g/mol. The Labute approximate surface area is 180 Å². The van der Waals surface area contributed by atoms with Crippen LogP contribution in [0.2, 0.25) is 0 Å². The van der Waals surface area contributed by atoms with Gasteiger partial charge in [-0.3, -0.25) is 10.1 Å². The predicted octanol–water partition coefficient (Wildman–Crippen LogP) is 4.83. The van der Waals surface area contributed by atoms with Crippen LogP contribution in [-0.4, -0.2) is 29.8 Å². The van der Waals surface area contributed by atoms with Crippen molar-refractivity contribution in [1.82, 2.24) is 0 Å². The highest BCUT2D eigenvalue weighted by Crippen LogP contribution is 2.54. The molecule has 7 nitrogen and oxygen atoms in total. The standard InChI is InChI=1S/C24H24N2O5/c1-15(2)23(27)30-12-11-25-21-8-6-5-7-20(21)17(4)24(25)16(3)13-18-14-19(26(28)29)9-10-22(18)31-24/h5-10,13-14,17H,1,11-12H2,2-4H3. The molecule has 0 amide bonds. The molecule has 2 aromatic carbocycles. The summed E-state index contributed by atoms with van der Waals surface area (Å²) in [6, 6.07) is 12.7. The van der Waals surface area contributed by atoms with E-state index in [9.17, 15) is 14.9 Å². The zero-order valence-electron chi connectivity index (χ0n) is 17.8. The fourth-order valence-corrected chi connectivity index (χ4v) is 4.50. The van der Waals surface area contributed by atoms with Gasteiger partial charge in [0, 0.05) is 34.9 Å². The summed E-state index contributed by atoms with van der Waals surface area (Å²) in [6.45, 7) is 9.92. The van der Waals surface area contributed by atoms with Crippen LogP contribution in [-0.2, 0) is 9.53 Å². The number of ether oxygens (including phenoxy) is 2. The second-order valence-electron chi connectivity index (χ2n) is 7.95. The molecule has 1 spiro atoms. The number of benzene rings is 2. The van der Waals surface area contributed by atoms with Crippen molar-refractivity contribution in [3.05, 3.63) is 81.4 Å². The number of nitro benzene ring substituents is 1. The van der Waals surface area contributed by atoms with Gasteiger partial charge in [-0.2, -0.15) is 0 Å². The first-order valence-corrected chi connectivity index (χ1v) is 10.1. The van der Waals surface area contributed by atoms with Gasteiger partial charge in [-0.25, -0.2) is 4.79 Å². The summed E-state index contributed by atoms with van der Waals surface area (Å²) >= 11 is 0. The van der Waals surface area contributed by atoms with Crippen LogP contribution in [0.3, 0.4) is 0 Å². The van der Waals surface area contributed by atoms with Crippen LogP contribution >= 0.6 is 0 Å². The van der Waals surface area contributed by atoms with Crippen LogP contribution in [0, 0.1) is 10.1 Å². The zero-order chi connectivity index (χ0) is 22.3. The molecule has 0 bridgehead atoms. The lowest BCUT2D eigenvalue weighted by atomic mass is 9.85. The van der Waals surface area contributed by atoms with Gasteiger partial charge in [-0.15, -0.1) is 0 Å². The van der Waals surface area contributed by atoms with E-state index in [0.29, 0.717) is 23.4 Å². The molecule has 31 heavy (non-hydrogen) atoms. The molecule has 0 saturated heterocycles. The Morgan fingerprint density at radius 1 is 1.32 bits per heavy atom. The maximum absolute atomic E-state index is 11.9. The van der Waals surface area contributed by atoms with E-state index in [2.05, 4.69) is 24.5 Å². The van der Waals surface area contributed by atoms with Crippen LogP contribution in [0.1, 0.15) is 37.8 Å². The van der Waals surface area contributed by atoms with Crippen molar-refractivity contribution in [2.75, 3.05) is 18.1 Å². The Morgan fingerprint density at radius 3 is 2.77 bits per heavy atom. The van der Waals surface area contributed by atoms with Gasteiger partial charge in [0.2, 0.25) is 5.72 Å². The van der Waals surface area contributed by atoms with Gasteiger partial charge in [0.25, 0.3) is 5.69 Å². The smallest absolute Gasteiger partial charge is 0.333 e. The lowest BCUT2D eigenvalue weighted by Gasteiger charge is -2.45. The molecule has 2 unspecified atom stereocenters. The van der Waals surface area contributed by atoms with Crippen molar-refractivity contribution in [3.8, 4) is 5.75 Å². The van der Waals surface area contributed by atoms with Crippen molar-refractivity contribution >= 4 is 23.4 Å². The third kappa shape index (κ3) is 3.26. The summed E-state index contributed by atoms with van der Waals surface area (Å²) in [5.41, 5.74) is 3.30. The van der Waals surface area contributed by atoms with E-state index < -0.39 is 16.6 Å². The zero-order valence-corrected chi connectivity index (χ0v) is 17.8. The molecular formula is C24H24N2O5. The van der Waals surface area contributed by atoms with Crippen LogP contribution in [0.5, 0.6) is 5.75 Å². The van der Waals surface area contributed by atoms with Crippen LogP contribution < -0.4 is 9.64 Å². The van der Waals surface area contributed by atoms with Crippen LogP contribution in [0.4, 0.5) is 11.4 Å². The van der Waals surface area contributed by atoms with Gasteiger partial charge in [0.1, 0.15) is 12.4 Å². The number of hydrogen-bond donors (Lipinski definition) is 0. The summed E-state index contributed by atoms with van der Waals surface area (Å²) in [7, 11) is 0. The van der Waals surface area contributed by atoms with Crippen molar-refractivity contribution in [2.24, 2.45) is 0 Å². The lowest BCUT2D eigenvalue weighted by Crippen LogP contribution is -2.56. The Hall–Kier alpha value is -3.61. The minimum atomic E-state index is -0.817. The summed E-state index contributed by atoms with van der Waals surface area (Å²) in [5, 5.41) is 11.2. The average molecular weight is 420 g/mol. The predicted molar refractivity (Wildman–Crippen MR) is 118 cm³/mol. The first-order chi connectivity index (χ1) is 14.8. The average Bonchev–Trinajstić information content (AvgIpc) is 2.97. The number of para-hydroxylation sites is 1. The molecule has 0 aromatic heterocycles.